The number of thiophene rings is 1. The minimum atomic E-state index is -0.471. The van der Waals surface area contributed by atoms with Crippen molar-refractivity contribution in [2.24, 2.45) is 0 Å². The van der Waals surface area contributed by atoms with Gasteiger partial charge in [-0.15, -0.1) is 11.3 Å². The second kappa shape index (κ2) is 9.25. The Kier molecular flexibility index (Phi) is 6.51. The van der Waals surface area contributed by atoms with Crippen LogP contribution in [0.1, 0.15) is 33.9 Å². The molecule has 0 aliphatic carbocycles. The molecule has 0 unspecified atom stereocenters. The first-order chi connectivity index (χ1) is 14.0. The number of rotatable bonds is 7. The molecule has 0 atom stereocenters. The Morgan fingerprint density at radius 2 is 1.86 bits per heavy atom. The highest BCUT2D eigenvalue weighted by Crippen LogP contribution is 2.35. The van der Waals surface area contributed by atoms with Crippen LogP contribution in [0.25, 0.3) is 10.4 Å². The molecule has 1 N–H and O–H groups in total. The summed E-state index contributed by atoms with van der Waals surface area (Å²) in [7, 11) is 0. The molecule has 148 valence electrons. The maximum absolute atomic E-state index is 12.6. The zero-order valence-corrected chi connectivity index (χ0v) is 17.0. The van der Waals surface area contributed by atoms with E-state index < -0.39 is 5.97 Å². The number of anilines is 1. The van der Waals surface area contributed by atoms with Gasteiger partial charge in [0.25, 0.3) is 5.91 Å². The molecule has 0 fully saturated rings. The predicted octanol–water partition coefficient (Wildman–Crippen LogP) is 3.72. The first-order valence-corrected chi connectivity index (χ1v) is 9.96. The van der Waals surface area contributed by atoms with Crippen LogP contribution in [0.15, 0.2) is 60.9 Å². The maximum atomic E-state index is 12.6. The van der Waals surface area contributed by atoms with Gasteiger partial charge in [-0.2, -0.15) is 4.57 Å². The van der Waals surface area contributed by atoms with Gasteiger partial charge in [0.05, 0.1) is 17.9 Å². The summed E-state index contributed by atoms with van der Waals surface area (Å²) >= 11 is 1.27. The van der Waals surface area contributed by atoms with Crippen LogP contribution >= 0.6 is 11.3 Å². The largest absolute Gasteiger partial charge is 0.462 e. The third kappa shape index (κ3) is 5.14. The van der Waals surface area contributed by atoms with Crippen LogP contribution in [0.3, 0.4) is 0 Å². The Balaban J connectivity index is 1.84. The number of hydrogen-bond donors (Lipinski definition) is 1. The second-order valence-electron chi connectivity index (χ2n) is 6.31. The number of esters is 1. The fourth-order valence-corrected chi connectivity index (χ4v) is 3.77. The maximum Gasteiger partial charge on any atom is 0.350 e. The van der Waals surface area contributed by atoms with Crippen LogP contribution in [0.4, 0.5) is 5.69 Å². The van der Waals surface area contributed by atoms with Crippen LogP contribution in [-0.4, -0.2) is 24.3 Å². The van der Waals surface area contributed by atoms with Gasteiger partial charge in [-0.05, 0) is 31.5 Å². The summed E-state index contributed by atoms with van der Waals surface area (Å²) in [4.78, 5) is 37.7. The highest BCUT2D eigenvalue weighted by atomic mass is 32.1. The summed E-state index contributed by atoms with van der Waals surface area (Å²) in [5, 5.41) is 2.80. The quantitative estimate of drug-likeness (QED) is 0.367. The van der Waals surface area contributed by atoms with Gasteiger partial charge in [-0.25, -0.2) is 4.79 Å². The number of amides is 1. The molecule has 1 amide bonds. The Labute approximate surface area is 172 Å². The van der Waals surface area contributed by atoms with Crippen LogP contribution < -0.4 is 9.88 Å². The fraction of sp³-hybridized carbons (Fsp3) is 0.182. The number of ether oxygens (including phenoxy) is 1. The van der Waals surface area contributed by atoms with Crippen molar-refractivity contribution in [1.82, 2.24) is 0 Å². The average Bonchev–Trinajstić information content (AvgIpc) is 3.12. The normalized spacial score (nSPS) is 10.4. The van der Waals surface area contributed by atoms with Crippen LogP contribution in [0.2, 0.25) is 0 Å². The van der Waals surface area contributed by atoms with Gasteiger partial charge >= 0.3 is 5.97 Å². The highest BCUT2D eigenvalue weighted by molar-refractivity contribution is 7.18. The lowest BCUT2D eigenvalue weighted by Crippen LogP contribution is -2.40. The van der Waals surface area contributed by atoms with Crippen molar-refractivity contribution in [3.8, 4) is 10.4 Å². The van der Waals surface area contributed by atoms with E-state index in [0.717, 1.165) is 10.4 Å². The Morgan fingerprint density at radius 3 is 2.55 bits per heavy atom. The average molecular weight is 409 g/mol. The number of carbonyl (C=O) groups excluding carboxylic acids is 3. The van der Waals surface area contributed by atoms with Crippen molar-refractivity contribution in [3.63, 3.8) is 0 Å². The summed E-state index contributed by atoms with van der Waals surface area (Å²) in [5.74, 6) is -0.852. The van der Waals surface area contributed by atoms with Gasteiger partial charge in [0.15, 0.2) is 18.2 Å². The number of benzene rings is 1. The van der Waals surface area contributed by atoms with Gasteiger partial charge in [0.2, 0.25) is 6.54 Å². The molecule has 0 bridgehead atoms. The molecule has 3 rings (SSSR count). The summed E-state index contributed by atoms with van der Waals surface area (Å²) in [6, 6.07) is 14.8. The van der Waals surface area contributed by atoms with Crippen molar-refractivity contribution in [2.75, 3.05) is 11.9 Å². The van der Waals surface area contributed by atoms with Gasteiger partial charge in [-0.3, -0.25) is 9.59 Å². The van der Waals surface area contributed by atoms with E-state index in [1.165, 1.54) is 18.3 Å². The molecule has 2 aromatic heterocycles. The van der Waals surface area contributed by atoms with Crippen molar-refractivity contribution in [3.05, 3.63) is 71.4 Å². The van der Waals surface area contributed by atoms with E-state index in [0.29, 0.717) is 16.1 Å². The van der Waals surface area contributed by atoms with Crippen molar-refractivity contribution >= 4 is 34.7 Å². The smallest absolute Gasteiger partial charge is 0.350 e. The number of ketones is 1. The number of aromatic nitrogens is 1. The van der Waals surface area contributed by atoms with Crippen LogP contribution in [0, 0.1) is 0 Å². The zero-order chi connectivity index (χ0) is 20.8. The van der Waals surface area contributed by atoms with Gasteiger partial charge in [-0.1, -0.05) is 30.3 Å². The van der Waals surface area contributed by atoms with E-state index in [4.69, 9.17) is 4.74 Å². The molecule has 0 aliphatic heterocycles. The minimum Gasteiger partial charge on any atom is -0.462 e. The molecule has 2 heterocycles. The summed E-state index contributed by atoms with van der Waals surface area (Å²) < 4.78 is 6.76. The molecule has 7 heteroatoms. The first kappa shape index (κ1) is 20.4. The van der Waals surface area contributed by atoms with Crippen molar-refractivity contribution in [1.29, 1.82) is 0 Å². The van der Waals surface area contributed by atoms with E-state index in [9.17, 15) is 14.4 Å². The van der Waals surface area contributed by atoms with Gasteiger partial charge in [0.1, 0.15) is 4.88 Å². The zero-order valence-electron chi connectivity index (χ0n) is 16.2. The molecule has 0 saturated carbocycles. The number of carbonyl (C=O) groups is 3. The molecule has 6 nitrogen and oxygen atoms in total. The standard InChI is InChI=1S/C22H20N2O4S/c1-3-28-22(27)21-18(12-19(29-21)16-8-5-4-6-9-16)23-20(26)14-24-11-7-10-17(13-24)15(2)25/h4-13H,3,14H2,1-2H3/p+1. The third-order valence-corrected chi connectivity index (χ3v) is 5.28. The lowest BCUT2D eigenvalue weighted by atomic mass is 10.2. The van der Waals surface area contributed by atoms with Crippen LogP contribution in [0.5, 0.6) is 0 Å². The van der Waals surface area contributed by atoms with E-state index >= 15 is 0 Å². The number of pyridine rings is 1. The molecule has 29 heavy (non-hydrogen) atoms. The number of hydrogen-bond acceptors (Lipinski definition) is 5. The molecule has 1 aromatic carbocycles. The van der Waals surface area contributed by atoms with Crippen molar-refractivity contribution in [2.45, 2.75) is 20.4 Å². The summed E-state index contributed by atoms with van der Waals surface area (Å²) in [6.07, 6.45) is 3.33. The van der Waals surface area contributed by atoms with E-state index in [1.54, 1.807) is 42.1 Å². The van der Waals surface area contributed by atoms with Gasteiger partial charge in [0, 0.05) is 10.9 Å². The van der Waals surface area contributed by atoms with Crippen molar-refractivity contribution < 1.29 is 23.7 Å². The van der Waals surface area contributed by atoms with Crippen LogP contribution in [-0.2, 0) is 16.1 Å². The lowest BCUT2D eigenvalue weighted by molar-refractivity contribution is -0.684. The Hall–Kier alpha value is -3.32. The number of nitrogens with zero attached hydrogens (tertiary/aromatic N) is 1. The second-order valence-corrected chi connectivity index (χ2v) is 7.36. The topological polar surface area (TPSA) is 76.3 Å². The van der Waals surface area contributed by atoms with E-state index in [-0.39, 0.29) is 24.8 Å². The lowest BCUT2D eigenvalue weighted by Gasteiger charge is -2.05. The summed E-state index contributed by atoms with van der Waals surface area (Å²) in [5.41, 5.74) is 1.89. The SMILES string of the molecule is CCOC(=O)c1sc(-c2ccccc2)cc1NC(=O)C[n+]1cccc(C(C)=O)c1. The predicted molar refractivity (Wildman–Crippen MR) is 111 cm³/mol. The van der Waals surface area contributed by atoms with E-state index in [1.807, 2.05) is 30.3 Å². The molecule has 0 aliphatic rings. The number of nitrogens with one attached hydrogen (secondary N) is 1. The molecular formula is C22H21N2O4S+. The summed E-state index contributed by atoms with van der Waals surface area (Å²) in [6.45, 7) is 3.47. The molecule has 0 spiro atoms. The first-order valence-electron chi connectivity index (χ1n) is 9.14. The van der Waals surface area contributed by atoms with Gasteiger partial charge < -0.3 is 10.1 Å². The molecule has 0 radical (unpaired) electrons. The highest BCUT2D eigenvalue weighted by Gasteiger charge is 2.21. The number of Topliss-reactive ketones (excluding diaryl/α,β-unsaturated/α-hetero) is 1. The monoisotopic (exact) mass is 409 g/mol. The minimum absolute atomic E-state index is 0.0138. The molecule has 3 aromatic rings. The Morgan fingerprint density at radius 1 is 1.10 bits per heavy atom. The third-order valence-electron chi connectivity index (χ3n) is 4.12. The fourth-order valence-electron chi connectivity index (χ4n) is 2.76. The molecule has 0 saturated heterocycles. The Bertz CT molecular complexity index is 1040. The molecular weight excluding hydrogens is 388 g/mol. The van der Waals surface area contributed by atoms with E-state index in [2.05, 4.69) is 5.32 Å².